The summed E-state index contributed by atoms with van der Waals surface area (Å²) in [7, 11) is 2.79. The average molecular weight is 319 g/mol. The molecule has 0 bridgehead atoms. The molecule has 0 aliphatic heterocycles. The summed E-state index contributed by atoms with van der Waals surface area (Å²) in [6.07, 6.45) is 0. The van der Waals surface area contributed by atoms with Crippen molar-refractivity contribution in [2.45, 2.75) is 6.92 Å². The number of aromatic nitrogens is 4. The maximum absolute atomic E-state index is 12.0. The van der Waals surface area contributed by atoms with Crippen LogP contribution in [0, 0.1) is 11.3 Å². The highest BCUT2D eigenvalue weighted by molar-refractivity contribution is 6.43. The molecule has 0 aliphatic rings. The van der Waals surface area contributed by atoms with Crippen LogP contribution < -0.4 is 16.7 Å². The van der Waals surface area contributed by atoms with E-state index in [4.69, 9.17) is 5.26 Å². The van der Waals surface area contributed by atoms with Crippen LogP contribution in [-0.4, -0.2) is 37.4 Å². The van der Waals surface area contributed by atoms with Crippen molar-refractivity contribution in [3.63, 3.8) is 0 Å². The number of rotatable bonds is 4. The van der Waals surface area contributed by atoms with E-state index in [1.54, 1.807) is 13.0 Å². The number of imidazole rings is 1. The van der Waals surface area contributed by atoms with Crippen LogP contribution in [0.3, 0.4) is 0 Å². The van der Waals surface area contributed by atoms with Crippen LogP contribution in [0.5, 0.6) is 0 Å². The third-order valence-electron chi connectivity index (χ3n) is 2.94. The van der Waals surface area contributed by atoms with E-state index in [-0.39, 0.29) is 23.7 Å². The molecule has 0 spiro atoms. The van der Waals surface area contributed by atoms with E-state index in [0.29, 0.717) is 0 Å². The summed E-state index contributed by atoms with van der Waals surface area (Å²) >= 11 is 0. The van der Waals surface area contributed by atoms with E-state index in [9.17, 15) is 14.4 Å². The Morgan fingerprint density at radius 1 is 1.43 bits per heavy atom. The predicted octanol–water partition coefficient (Wildman–Crippen LogP) is -1.19. The van der Waals surface area contributed by atoms with Crippen LogP contribution in [0.25, 0.3) is 11.2 Å². The number of hydrazone groups is 1. The number of esters is 1. The third-order valence-corrected chi connectivity index (χ3v) is 2.94. The van der Waals surface area contributed by atoms with Crippen molar-refractivity contribution in [3.05, 3.63) is 20.8 Å². The second-order valence-electron chi connectivity index (χ2n) is 4.39. The lowest BCUT2D eigenvalue weighted by atomic mass is 10.4. The minimum absolute atomic E-state index is 0.00431. The monoisotopic (exact) mass is 319 g/mol. The Balaban J connectivity index is 2.43. The topological polar surface area (TPSA) is 147 Å². The number of hydrogen-bond donors (Lipinski definition) is 2. The van der Waals surface area contributed by atoms with Gasteiger partial charge in [-0.1, -0.05) is 0 Å². The lowest BCUT2D eigenvalue weighted by Gasteiger charge is -2.00. The molecule has 23 heavy (non-hydrogen) atoms. The van der Waals surface area contributed by atoms with E-state index in [1.807, 2.05) is 0 Å². The smallest absolute Gasteiger partial charge is 0.369 e. The molecule has 0 radical (unpaired) electrons. The van der Waals surface area contributed by atoms with Crippen LogP contribution in [0.2, 0.25) is 0 Å². The van der Waals surface area contributed by atoms with E-state index in [1.165, 1.54) is 18.7 Å². The van der Waals surface area contributed by atoms with Crippen molar-refractivity contribution in [2.24, 2.45) is 19.2 Å². The zero-order valence-electron chi connectivity index (χ0n) is 12.6. The molecule has 11 heteroatoms. The van der Waals surface area contributed by atoms with Gasteiger partial charge in [0, 0.05) is 14.1 Å². The molecule has 0 fully saturated rings. The van der Waals surface area contributed by atoms with Gasteiger partial charge in [-0.05, 0) is 6.92 Å². The minimum Gasteiger partial charge on any atom is -0.461 e. The van der Waals surface area contributed by atoms with Gasteiger partial charge in [-0.2, -0.15) is 15.3 Å². The second-order valence-corrected chi connectivity index (χ2v) is 4.39. The molecule has 2 N–H and O–H groups in total. The SMILES string of the molecule is CCOC(=O)C(C#N)=NNc1nc2c([nH]1)c(=O)n(C)c(=O)n2C. The molecular weight excluding hydrogens is 306 g/mol. The van der Waals surface area contributed by atoms with Crippen molar-refractivity contribution in [2.75, 3.05) is 12.0 Å². The van der Waals surface area contributed by atoms with Gasteiger partial charge >= 0.3 is 11.7 Å². The van der Waals surface area contributed by atoms with Gasteiger partial charge in [-0.15, -0.1) is 0 Å². The lowest BCUT2D eigenvalue weighted by Crippen LogP contribution is -2.36. The zero-order valence-corrected chi connectivity index (χ0v) is 12.6. The number of anilines is 1. The van der Waals surface area contributed by atoms with Crippen molar-refractivity contribution < 1.29 is 9.53 Å². The van der Waals surface area contributed by atoms with Crippen molar-refractivity contribution >= 4 is 28.8 Å². The fourth-order valence-corrected chi connectivity index (χ4v) is 1.80. The van der Waals surface area contributed by atoms with Crippen LogP contribution in [0.1, 0.15) is 6.92 Å². The highest BCUT2D eigenvalue weighted by atomic mass is 16.5. The summed E-state index contributed by atoms with van der Waals surface area (Å²) in [6, 6.07) is 1.58. The molecule has 0 saturated heterocycles. The molecule has 0 atom stereocenters. The average Bonchev–Trinajstić information content (AvgIpc) is 2.96. The molecule has 0 aliphatic carbocycles. The number of nitrogens with one attached hydrogen (secondary N) is 2. The highest BCUT2D eigenvalue weighted by Gasteiger charge is 2.15. The minimum atomic E-state index is -0.887. The maximum atomic E-state index is 12.0. The largest absolute Gasteiger partial charge is 0.461 e. The van der Waals surface area contributed by atoms with Crippen molar-refractivity contribution in [1.82, 2.24) is 19.1 Å². The van der Waals surface area contributed by atoms with Gasteiger partial charge in [0.1, 0.15) is 6.07 Å². The number of nitriles is 1. The Kier molecular flexibility index (Phi) is 4.26. The number of carbonyl (C=O) groups excluding carboxylic acids is 1. The fourth-order valence-electron chi connectivity index (χ4n) is 1.80. The van der Waals surface area contributed by atoms with Gasteiger partial charge in [0.25, 0.3) is 5.56 Å². The van der Waals surface area contributed by atoms with Crippen LogP contribution >= 0.6 is 0 Å². The number of nitrogens with zero attached hydrogens (tertiary/aromatic N) is 5. The summed E-state index contributed by atoms with van der Waals surface area (Å²) in [5.41, 5.74) is 0.957. The second kappa shape index (κ2) is 6.14. The van der Waals surface area contributed by atoms with Gasteiger partial charge in [0.05, 0.1) is 6.61 Å². The molecule has 2 heterocycles. The molecule has 0 amide bonds. The zero-order chi connectivity index (χ0) is 17.1. The third kappa shape index (κ3) is 2.82. The normalized spacial score (nSPS) is 11.3. The Hall–Kier alpha value is -3.42. The van der Waals surface area contributed by atoms with E-state index >= 15 is 0 Å². The lowest BCUT2D eigenvalue weighted by molar-refractivity contribution is -0.134. The van der Waals surface area contributed by atoms with E-state index < -0.39 is 22.9 Å². The standard InChI is InChI=1S/C12H13N7O4/c1-4-23-10(21)6(5-13)16-17-11-14-7-8(15-11)18(2)12(22)19(3)9(7)20/h4H2,1-3H3,(H2,14,15,17). The molecule has 0 aromatic carbocycles. The first-order chi connectivity index (χ1) is 10.9. The molecular formula is C12H13N7O4. The summed E-state index contributed by atoms with van der Waals surface area (Å²) in [5.74, 6) is -0.891. The van der Waals surface area contributed by atoms with Gasteiger partial charge in [-0.25, -0.2) is 15.0 Å². The number of aromatic amines is 1. The van der Waals surface area contributed by atoms with E-state index in [2.05, 4.69) is 25.2 Å². The Morgan fingerprint density at radius 2 is 2.13 bits per heavy atom. The Labute approximate surface area is 128 Å². The van der Waals surface area contributed by atoms with Gasteiger partial charge in [0.2, 0.25) is 11.7 Å². The number of aryl methyl sites for hydroxylation is 1. The van der Waals surface area contributed by atoms with Crippen LogP contribution in [0.4, 0.5) is 5.95 Å². The fraction of sp³-hybridized carbons (Fsp3) is 0.333. The van der Waals surface area contributed by atoms with Crippen molar-refractivity contribution in [3.8, 4) is 6.07 Å². The number of fused-ring (bicyclic) bond motifs is 1. The number of ether oxygens (including phenoxy) is 1. The summed E-state index contributed by atoms with van der Waals surface area (Å²) in [4.78, 5) is 41.9. The first-order valence-electron chi connectivity index (χ1n) is 6.47. The first-order valence-corrected chi connectivity index (χ1v) is 6.47. The van der Waals surface area contributed by atoms with Crippen LogP contribution in [-0.2, 0) is 23.6 Å². The Morgan fingerprint density at radius 3 is 2.74 bits per heavy atom. The van der Waals surface area contributed by atoms with Crippen LogP contribution in [0.15, 0.2) is 14.7 Å². The molecule has 0 saturated carbocycles. The molecule has 2 aromatic rings. The predicted molar refractivity (Wildman–Crippen MR) is 79.9 cm³/mol. The number of hydrogen-bond acceptors (Lipinski definition) is 8. The maximum Gasteiger partial charge on any atom is 0.369 e. The van der Waals surface area contributed by atoms with E-state index in [0.717, 1.165) is 4.57 Å². The summed E-state index contributed by atoms with van der Waals surface area (Å²) < 4.78 is 6.75. The summed E-state index contributed by atoms with van der Waals surface area (Å²) in [5, 5.41) is 12.4. The summed E-state index contributed by atoms with van der Waals surface area (Å²) in [6.45, 7) is 1.69. The molecule has 120 valence electrons. The Bertz CT molecular complexity index is 957. The van der Waals surface area contributed by atoms with Gasteiger partial charge < -0.3 is 9.72 Å². The van der Waals surface area contributed by atoms with Gasteiger partial charge in [0.15, 0.2) is 11.2 Å². The molecule has 11 nitrogen and oxygen atoms in total. The molecule has 2 rings (SSSR count). The van der Waals surface area contributed by atoms with Crippen molar-refractivity contribution in [1.29, 1.82) is 5.26 Å². The quantitative estimate of drug-likeness (QED) is 0.409. The van der Waals surface area contributed by atoms with Gasteiger partial charge in [-0.3, -0.25) is 13.9 Å². The molecule has 2 aromatic heterocycles. The molecule has 0 unspecified atom stereocenters. The highest BCUT2D eigenvalue weighted by Crippen LogP contribution is 2.08. The first kappa shape index (κ1) is 16.0. The number of carbonyl (C=O) groups is 1. The number of H-pyrrole nitrogens is 1.